The Labute approximate surface area is 188 Å². The smallest absolute Gasteiger partial charge is 0.223 e. The van der Waals surface area contributed by atoms with Crippen molar-refractivity contribution in [3.05, 3.63) is 63.8 Å². The zero-order valence-corrected chi connectivity index (χ0v) is 18.3. The fraction of sp³-hybridized carbons (Fsp3) is 0.273. The number of benzene rings is 1. The Kier molecular flexibility index (Phi) is 5.57. The van der Waals surface area contributed by atoms with Gasteiger partial charge < -0.3 is 10.2 Å². The molecule has 0 radical (unpaired) electrons. The normalized spacial score (nSPS) is 14.8. The van der Waals surface area contributed by atoms with E-state index < -0.39 is 0 Å². The molecule has 1 aliphatic heterocycles. The molecule has 1 fully saturated rings. The number of thiophene rings is 1. The minimum atomic E-state index is 0.0357. The molecule has 9 heteroatoms. The third-order valence-corrected chi connectivity index (χ3v) is 6.78. The number of aromatic nitrogens is 4. The molecule has 1 aliphatic rings. The van der Waals surface area contributed by atoms with E-state index in [1.165, 1.54) is 4.88 Å². The highest BCUT2D eigenvalue weighted by Gasteiger charge is 2.26. The van der Waals surface area contributed by atoms with Gasteiger partial charge in [-0.15, -0.1) is 26.6 Å². The van der Waals surface area contributed by atoms with Crippen molar-refractivity contribution in [3.8, 4) is 11.4 Å². The van der Waals surface area contributed by atoms with Gasteiger partial charge in [0.05, 0.1) is 11.6 Å². The second kappa shape index (κ2) is 8.64. The monoisotopic (exact) mass is 452 g/mol. The summed E-state index contributed by atoms with van der Waals surface area (Å²) in [6.07, 6.45) is 1.60. The number of piperidine rings is 1. The number of nitrogens with zero attached hydrogens (tertiary/aromatic N) is 5. The first kappa shape index (κ1) is 20.0. The summed E-state index contributed by atoms with van der Waals surface area (Å²) in [6.45, 7) is 2.16. The molecule has 5 rings (SSSR count). The lowest BCUT2D eigenvalue weighted by Gasteiger charge is -2.32. The number of fused-ring (bicyclic) bond motifs is 1. The van der Waals surface area contributed by atoms with Gasteiger partial charge >= 0.3 is 0 Å². The molecular formula is C22H21ClN6OS. The third-order valence-electron chi connectivity index (χ3n) is 5.57. The zero-order valence-electron chi connectivity index (χ0n) is 16.7. The quantitative estimate of drug-likeness (QED) is 0.494. The van der Waals surface area contributed by atoms with E-state index in [0.29, 0.717) is 23.0 Å². The van der Waals surface area contributed by atoms with Gasteiger partial charge in [0.1, 0.15) is 5.82 Å². The molecule has 0 bridgehead atoms. The summed E-state index contributed by atoms with van der Waals surface area (Å²) < 4.78 is 1.73. The molecule has 0 unspecified atom stereocenters. The van der Waals surface area contributed by atoms with Crippen molar-refractivity contribution in [2.24, 2.45) is 5.92 Å². The molecule has 7 nitrogen and oxygen atoms in total. The maximum Gasteiger partial charge on any atom is 0.223 e. The van der Waals surface area contributed by atoms with Crippen LogP contribution in [0.1, 0.15) is 17.7 Å². The van der Waals surface area contributed by atoms with Crippen LogP contribution >= 0.6 is 22.9 Å². The van der Waals surface area contributed by atoms with Crippen LogP contribution in [0.3, 0.4) is 0 Å². The molecule has 1 N–H and O–H groups in total. The van der Waals surface area contributed by atoms with Gasteiger partial charge in [-0.1, -0.05) is 29.8 Å². The topological polar surface area (TPSA) is 75.4 Å². The Morgan fingerprint density at radius 1 is 1.10 bits per heavy atom. The van der Waals surface area contributed by atoms with Crippen LogP contribution < -0.4 is 10.2 Å². The van der Waals surface area contributed by atoms with E-state index in [2.05, 4.69) is 20.4 Å². The average Bonchev–Trinajstić information content (AvgIpc) is 3.47. The molecule has 1 saturated heterocycles. The van der Waals surface area contributed by atoms with Crippen molar-refractivity contribution < 1.29 is 4.79 Å². The number of anilines is 1. The second-order valence-electron chi connectivity index (χ2n) is 7.52. The largest absolute Gasteiger partial charge is 0.355 e. The van der Waals surface area contributed by atoms with E-state index in [4.69, 9.17) is 16.7 Å². The molecule has 4 aromatic rings. The molecule has 0 spiro atoms. The number of nitrogens with one attached hydrogen (secondary N) is 1. The summed E-state index contributed by atoms with van der Waals surface area (Å²) >= 11 is 8.01. The van der Waals surface area contributed by atoms with Crippen LogP contribution in [0.2, 0.25) is 5.02 Å². The van der Waals surface area contributed by atoms with Gasteiger partial charge in [-0.25, -0.2) is 0 Å². The van der Waals surface area contributed by atoms with E-state index in [-0.39, 0.29) is 11.8 Å². The van der Waals surface area contributed by atoms with Crippen molar-refractivity contribution in [1.82, 2.24) is 25.1 Å². The summed E-state index contributed by atoms with van der Waals surface area (Å²) in [5.74, 6) is 1.63. The first-order valence-electron chi connectivity index (χ1n) is 10.2. The van der Waals surface area contributed by atoms with E-state index in [0.717, 1.165) is 37.3 Å². The van der Waals surface area contributed by atoms with Gasteiger partial charge in [0.15, 0.2) is 11.5 Å². The molecule has 1 aromatic carbocycles. The summed E-state index contributed by atoms with van der Waals surface area (Å²) in [5.41, 5.74) is 1.46. The number of carbonyl (C=O) groups is 1. The zero-order chi connectivity index (χ0) is 21.2. The van der Waals surface area contributed by atoms with E-state index in [1.807, 2.05) is 53.9 Å². The summed E-state index contributed by atoms with van der Waals surface area (Å²) in [4.78, 5) is 15.9. The predicted octanol–water partition coefficient (Wildman–Crippen LogP) is 4.04. The lowest BCUT2D eigenvalue weighted by Crippen LogP contribution is -2.40. The molecule has 0 aliphatic carbocycles. The number of halogens is 1. The fourth-order valence-electron chi connectivity index (χ4n) is 3.86. The molecule has 1 amide bonds. The Hall–Kier alpha value is -2.97. The lowest BCUT2D eigenvalue weighted by molar-refractivity contribution is -0.125. The van der Waals surface area contributed by atoms with Gasteiger partial charge in [-0.3, -0.25) is 4.79 Å². The van der Waals surface area contributed by atoms with Crippen molar-refractivity contribution in [1.29, 1.82) is 0 Å². The van der Waals surface area contributed by atoms with Crippen molar-refractivity contribution in [2.45, 2.75) is 19.4 Å². The van der Waals surface area contributed by atoms with Crippen molar-refractivity contribution in [3.63, 3.8) is 0 Å². The van der Waals surface area contributed by atoms with Gasteiger partial charge in [-0.2, -0.15) is 4.52 Å². The van der Waals surface area contributed by atoms with Gasteiger partial charge in [0.2, 0.25) is 5.91 Å². The Morgan fingerprint density at radius 3 is 2.71 bits per heavy atom. The van der Waals surface area contributed by atoms with E-state index in [1.54, 1.807) is 15.9 Å². The molecular weight excluding hydrogens is 432 g/mol. The number of hydrogen-bond donors (Lipinski definition) is 1. The number of carbonyl (C=O) groups excluding carboxylic acids is 1. The summed E-state index contributed by atoms with van der Waals surface area (Å²) in [6, 6.07) is 15.4. The van der Waals surface area contributed by atoms with Crippen LogP contribution in [0, 0.1) is 5.92 Å². The van der Waals surface area contributed by atoms with Crippen LogP contribution in [0.15, 0.2) is 53.9 Å². The first-order valence-corrected chi connectivity index (χ1v) is 11.5. The molecule has 4 heterocycles. The van der Waals surface area contributed by atoms with Crippen molar-refractivity contribution in [2.75, 3.05) is 18.0 Å². The number of hydrogen-bond acceptors (Lipinski definition) is 6. The van der Waals surface area contributed by atoms with E-state index in [9.17, 15) is 4.79 Å². The number of rotatable bonds is 5. The van der Waals surface area contributed by atoms with Crippen LogP contribution in [-0.2, 0) is 11.3 Å². The number of amides is 1. The summed E-state index contributed by atoms with van der Waals surface area (Å²) in [7, 11) is 0. The lowest BCUT2D eigenvalue weighted by atomic mass is 9.96. The maximum absolute atomic E-state index is 12.5. The third kappa shape index (κ3) is 4.13. The summed E-state index contributed by atoms with van der Waals surface area (Å²) in [5, 5.41) is 19.0. The Morgan fingerprint density at radius 2 is 1.94 bits per heavy atom. The highest BCUT2D eigenvalue weighted by molar-refractivity contribution is 7.09. The Bertz CT molecular complexity index is 1200. The van der Waals surface area contributed by atoms with Crippen LogP contribution in [0.5, 0.6) is 0 Å². The van der Waals surface area contributed by atoms with Crippen LogP contribution in [0.4, 0.5) is 5.82 Å². The Balaban J connectivity index is 1.28. The molecule has 31 heavy (non-hydrogen) atoms. The van der Waals surface area contributed by atoms with Gasteiger partial charge in [0, 0.05) is 29.4 Å². The van der Waals surface area contributed by atoms with Crippen LogP contribution in [-0.4, -0.2) is 38.8 Å². The first-order chi connectivity index (χ1) is 15.2. The maximum atomic E-state index is 12.5. The fourth-order valence-corrected chi connectivity index (χ4v) is 4.73. The second-order valence-corrected chi connectivity index (χ2v) is 8.96. The average molecular weight is 453 g/mol. The predicted molar refractivity (Wildman–Crippen MR) is 122 cm³/mol. The van der Waals surface area contributed by atoms with E-state index >= 15 is 0 Å². The molecule has 0 saturated carbocycles. The highest BCUT2D eigenvalue weighted by atomic mass is 35.5. The van der Waals surface area contributed by atoms with Crippen LogP contribution in [0.25, 0.3) is 17.0 Å². The standard InChI is InChI=1S/C22H21ClN6OS/c23-18-6-2-1-5-17(18)21-26-25-19-7-8-20(27-29(19)21)28-11-9-15(10-12-28)22(30)24-14-16-4-3-13-31-16/h1-8,13,15H,9-12,14H2,(H,24,30). The minimum Gasteiger partial charge on any atom is -0.355 e. The highest BCUT2D eigenvalue weighted by Crippen LogP contribution is 2.27. The SMILES string of the molecule is O=C(NCc1cccs1)C1CCN(c2ccc3nnc(-c4ccccc4Cl)n3n2)CC1. The van der Waals surface area contributed by atoms with Gasteiger partial charge in [0.25, 0.3) is 0 Å². The molecule has 3 aromatic heterocycles. The van der Waals surface area contributed by atoms with Gasteiger partial charge in [-0.05, 0) is 48.6 Å². The molecule has 158 valence electrons. The van der Waals surface area contributed by atoms with Crippen molar-refractivity contribution >= 4 is 40.3 Å². The minimum absolute atomic E-state index is 0.0357. The molecule has 0 atom stereocenters.